The first-order valence-corrected chi connectivity index (χ1v) is 13.9. The number of rotatable bonds is 3. The van der Waals surface area contributed by atoms with Crippen molar-refractivity contribution in [3.05, 3.63) is 11.3 Å². The van der Waals surface area contributed by atoms with Crippen molar-refractivity contribution < 1.29 is 15.0 Å². The lowest BCUT2D eigenvalue weighted by Crippen LogP contribution is -2.31. The van der Waals surface area contributed by atoms with Crippen LogP contribution < -0.4 is 5.11 Å². The van der Waals surface area contributed by atoms with E-state index in [9.17, 15) is 15.0 Å². The number of hydrogen-bond acceptors (Lipinski definition) is 3. The van der Waals surface area contributed by atoms with Crippen molar-refractivity contribution in [1.29, 1.82) is 0 Å². The molecule has 0 aliphatic heterocycles. The second-order valence-electron chi connectivity index (χ2n) is 12.5. The van der Waals surface area contributed by atoms with Gasteiger partial charge in [-0.3, -0.25) is 4.79 Å². The molecule has 0 aromatic heterocycles. The molecule has 0 amide bonds. The topological polar surface area (TPSA) is 60.4 Å². The second-order valence-corrected chi connectivity index (χ2v) is 12.5. The standard InChI is InChI=1S/C10H20O.2C10H18O/c3*1-7(2)9-5-4-8(3)6-10(9)11/h7-11H,4-6H2,1-3H3;7-8,11H,4-6H2,1-3H3;7-9H,4-6H2,1-3H3/p-1. The molecule has 3 rings (SSSR count). The van der Waals surface area contributed by atoms with Gasteiger partial charge in [0.25, 0.3) is 0 Å². The van der Waals surface area contributed by atoms with Gasteiger partial charge in [-0.2, -0.15) is 0 Å². The second kappa shape index (κ2) is 14.5. The van der Waals surface area contributed by atoms with Crippen molar-refractivity contribution in [3.8, 4) is 0 Å². The van der Waals surface area contributed by atoms with E-state index in [4.69, 9.17) is 0 Å². The first-order valence-electron chi connectivity index (χ1n) is 13.9. The van der Waals surface area contributed by atoms with Crippen LogP contribution in [0, 0.1) is 47.3 Å². The zero-order chi connectivity index (χ0) is 25.3. The van der Waals surface area contributed by atoms with Gasteiger partial charge in [-0.05, 0) is 86.4 Å². The molecule has 3 heteroatoms. The monoisotopic (exact) mass is 463 g/mol. The predicted octanol–water partition coefficient (Wildman–Crippen LogP) is 7.16. The lowest BCUT2D eigenvalue weighted by atomic mass is 9.75. The number of aliphatic hydroxyl groups excluding tert-OH is 1. The van der Waals surface area contributed by atoms with Crippen LogP contribution >= 0.6 is 0 Å². The van der Waals surface area contributed by atoms with Crippen LogP contribution in [0.4, 0.5) is 0 Å². The lowest BCUT2D eigenvalue weighted by Gasteiger charge is -2.33. The van der Waals surface area contributed by atoms with Crippen LogP contribution in [-0.4, -0.2) is 17.0 Å². The molecule has 0 spiro atoms. The number of aliphatic hydroxyl groups is 1. The van der Waals surface area contributed by atoms with Crippen LogP contribution in [-0.2, 0) is 4.79 Å². The SMILES string of the molecule is CC1CCC(C(C)C)=C([O-])C1.CC1CCC(C(C)C)C(=O)C1.CC1CCC(C(C)C)C(O)C1. The molecule has 3 aliphatic carbocycles. The molecule has 6 atom stereocenters. The van der Waals surface area contributed by atoms with Crippen molar-refractivity contribution >= 4 is 5.78 Å². The number of hydrogen-bond donors (Lipinski definition) is 1. The van der Waals surface area contributed by atoms with E-state index in [1.165, 1.54) is 31.3 Å². The van der Waals surface area contributed by atoms with Crippen LogP contribution in [0.1, 0.15) is 120 Å². The third-order valence-corrected chi connectivity index (χ3v) is 8.22. The largest absolute Gasteiger partial charge is 0.875 e. The van der Waals surface area contributed by atoms with Crippen molar-refractivity contribution in [2.75, 3.05) is 0 Å². The average molecular weight is 464 g/mol. The summed E-state index contributed by atoms with van der Waals surface area (Å²) in [7, 11) is 0. The molecule has 2 saturated carbocycles. The van der Waals surface area contributed by atoms with Gasteiger partial charge in [-0.25, -0.2) is 0 Å². The predicted molar refractivity (Wildman–Crippen MR) is 139 cm³/mol. The average Bonchev–Trinajstić information content (AvgIpc) is 2.68. The molecule has 0 saturated heterocycles. The zero-order valence-corrected chi connectivity index (χ0v) is 23.3. The van der Waals surface area contributed by atoms with E-state index >= 15 is 0 Å². The third kappa shape index (κ3) is 10.5. The maximum atomic E-state index is 11.4. The van der Waals surface area contributed by atoms with Gasteiger partial charge in [-0.15, -0.1) is 5.76 Å². The molecule has 6 unspecified atom stereocenters. The minimum absolute atomic E-state index is 0.0289. The van der Waals surface area contributed by atoms with Crippen LogP contribution in [0.5, 0.6) is 0 Å². The number of carbonyl (C=O) groups is 1. The Morgan fingerprint density at radius 3 is 1.82 bits per heavy atom. The first kappa shape index (κ1) is 30.2. The summed E-state index contributed by atoms with van der Waals surface area (Å²) in [5.41, 5.74) is 1.17. The van der Waals surface area contributed by atoms with Gasteiger partial charge in [0.05, 0.1) is 6.10 Å². The number of carbonyl (C=O) groups excluding carboxylic acids is 1. The Labute approximate surface area is 205 Å². The summed E-state index contributed by atoms with van der Waals surface area (Å²) < 4.78 is 0. The molecule has 2 fully saturated rings. The van der Waals surface area contributed by atoms with E-state index in [1.807, 2.05) is 0 Å². The van der Waals surface area contributed by atoms with Gasteiger partial charge in [0.1, 0.15) is 5.78 Å². The highest BCUT2D eigenvalue weighted by molar-refractivity contribution is 5.82. The highest BCUT2D eigenvalue weighted by Gasteiger charge is 2.29. The van der Waals surface area contributed by atoms with Gasteiger partial charge in [-0.1, -0.05) is 74.3 Å². The Morgan fingerprint density at radius 2 is 1.36 bits per heavy atom. The molecule has 33 heavy (non-hydrogen) atoms. The van der Waals surface area contributed by atoms with Gasteiger partial charge in [0.2, 0.25) is 0 Å². The summed E-state index contributed by atoms with van der Waals surface area (Å²) in [6.07, 6.45) is 9.74. The van der Waals surface area contributed by atoms with Crippen LogP contribution in [0.2, 0.25) is 0 Å². The number of ketones is 1. The Hall–Kier alpha value is -0.830. The molecule has 0 aromatic carbocycles. The lowest BCUT2D eigenvalue weighted by molar-refractivity contribution is -0.312. The molecule has 0 bridgehead atoms. The fourth-order valence-corrected chi connectivity index (χ4v) is 5.78. The van der Waals surface area contributed by atoms with Crippen LogP contribution in [0.15, 0.2) is 11.3 Å². The highest BCUT2D eigenvalue weighted by Crippen LogP contribution is 2.33. The fourth-order valence-electron chi connectivity index (χ4n) is 5.78. The van der Waals surface area contributed by atoms with E-state index in [0.29, 0.717) is 53.0 Å². The van der Waals surface area contributed by atoms with E-state index in [1.54, 1.807) is 0 Å². The highest BCUT2D eigenvalue weighted by atomic mass is 16.3. The Bertz CT molecular complexity index is 604. The summed E-state index contributed by atoms with van der Waals surface area (Å²) in [5.74, 6) is 5.50. The van der Waals surface area contributed by atoms with E-state index in [-0.39, 0.29) is 6.10 Å². The molecule has 1 N–H and O–H groups in total. The molecule has 3 nitrogen and oxygen atoms in total. The van der Waals surface area contributed by atoms with Crippen molar-refractivity contribution in [2.24, 2.45) is 47.3 Å². The molecular formula is C30H55O3-. The summed E-state index contributed by atoms with van der Waals surface area (Å²) in [4.78, 5) is 11.4. The molecule has 3 aliphatic rings. The van der Waals surface area contributed by atoms with Gasteiger partial charge in [0.15, 0.2) is 0 Å². The van der Waals surface area contributed by atoms with E-state index in [2.05, 4.69) is 62.3 Å². The molecule has 194 valence electrons. The number of Topliss-reactive ketones (excluding diaryl/α,β-unsaturated/α-hetero) is 1. The summed E-state index contributed by atoms with van der Waals surface area (Å²) >= 11 is 0. The van der Waals surface area contributed by atoms with Crippen molar-refractivity contribution in [3.63, 3.8) is 0 Å². The Kier molecular flexibility index (Phi) is 13.3. The Balaban J connectivity index is 0.000000247. The summed E-state index contributed by atoms with van der Waals surface area (Å²) in [6.45, 7) is 19.5. The summed E-state index contributed by atoms with van der Waals surface area (Å²) in [5, 5.41) is 21.1. The summed E-state index contributed by atoms with van der Waals surface area (Å²) in [6, 6.07) is 0. The number of allylic oxidation sites excluding steroid dienone is 2. The van der Waals surface area contributed by atoms with E-state index in [0.717, 1.165) is 38.0 Å². The minimum atomic E-state index is -0.0289. The van der Waals surface area contributed by atoms with Gasteiger partial charge in [0, 0.05) is 12.3 Å². The molecule has 0 aromatic rings. The zero-order valence-electron chi connectivity index (χ0n) is 23.3. The molecular weight excluding hydrogens is 408 g/mol. The first-order chi connectivity index (χ1) is 15.3. The van der Waals surface area contributed by atoms with E-state index < -0.39 is 0 Å². The minimum Gasteiger partial charge on any atom is -0.875 e. The molecule has 0 heterocycles. The van der Waals surface area contributed by atoms with Gasteiger partial charge < -0.3 is 10.2 Å². The van der Waals surface area contributed by atoms with Gasteiger partial charge >= 0.3 is 0 Å². The Morgan fingerprint density at radius 1 is 0.788 bits per heavy atom. The maximum Gasteiger partial charge on any atom is 0.136 e. The normalized spacial score (nSPS) is 32.9. The molecule has 0 radical (unpaired) electrons. The van der Waals surface area contributed by atoms with Crippen molar-refractivity contribution in [1.82, 2.24) is 0 Å². The fraction of sp³-hybridized carbons (Fsp3) is 0.900. The van der Waals surface area contributed by atoms with Crippen LogP contribution in [0.25, 0.3) is 0 Å². The maximum absolute atomic E-state index is 11.4. The van der Waals surface area contributed by atoms with Crippen LogP contribution in [0.3, 0.4) is 0 Å². The quantitative estimate of drug-likeness (QED) is 0.483. The smallest absolute Gasteiger partial charge is 0.136 e. The third-order valence-electron chi connectivity index (χ3n) is 8.22. The van der Waals surface area contributed by atoms with Crippen molar-refractivity contribution in [2.45, 2.75) is 126 Å².